The second-order valence-electron chi connectivity index (χ2n) is 5.28. The van der Waals surface area contributed by atoms with Crippen molar-refractivity contribution >= 4 is 15.9 Å². The summed E-state index contributed by atoms with van der Waals surface area (Å²) in [5, 5.41) is 2.79. The molecule has 1 aliphatic heterocycles. The van der Waals surface area contributed by atoms with Gasteiger partial charge in [0.25, 0.3) is 0 Å². The summed E-state index contributed by atoms with van der Waals surface area (Å²) in [6, 6.07) is 0. The Bertz CT molecular complexity index is 403. The number of amides is 1. The predicted molar refractivity (Wildman–Crippen MR) is 76.9 cm³/mol. The van der Waals surface area contributed by atoms with Gasteiger partial charge in [-0.15, -0.1) is 0 Å². The van der Waals surface area contributed by atoms with E-state index in [0.717, 1.165) is 25.9 Å². The van der Waals surface area contributed by atoms with Gasteiger partial charge in [0.2, 0.25) is 15.9 Å². The highest BCUT2D eigenvalue weighted by Crippen LogP contribution is 2.09. The highest BCUT2D eigenvalue weighted by molar-refractivity contribution is 7.88. The number of sulfonamides is 1. The third-order valence-electron chi connectivity index (χ3n) is 2.96. The fraction of sp³-hybridized carbons (Fsp3) is 0.917. The van der Waals surface area contributed by atoms with Crippen LogP contribution in [0.1, 0.15) is 20.3 Å². The first kappa shape index (κ1) is 17.4. The monoisotopic (exact) mass is 307 g/mol. The second-order valence-corrected chi connectivity index (χ2v) is 7.12. The van der Waals surface area contributed by atoms with E-state index in [2.05, 4.69) is 14.9 Å². The maximum atomic E-state index is 11.5. The Labute approximate surface area is 121 Å². The summed E-state index contributed by atoms with van der Waals surface area (Å²) in [6.45, 7) is 7.30. The van der Waals surface area contributed by atoms with Gasteiger partial charge in [0, 0.05) is 39.1 Å². The summed E-state index contributed by atoms with van der Waals surface area (Å²) in [7, 11) is -3.22. The van der Waals surface area contributed by atoms with Gasteiger partial charge in [-0.05, 0) is 13.8 Å². The number of hydrogen-bond acceptors (Lipinski definition) is 5. The second kappa shape index (κ2) is 7.92. The van der Waals surface area contributed by atoms with Crippen molar-refractivity contribution in [2.24, 2.45) is 0 Å². The zero-order chi connectivity index (χ0) is 15.2. The molecule has 0 aromatic rings. The van der Waals surface area contributed by atoms with Crippen LogP contribution in [0.2, 0.25) is 0 Å². The minimum atomic E-state index is -3.22. The molecule has 1 saturated heterocycles. The van der Waals surface area contributed by atoms with Crippen molar-refractivity contribution in [2.45, 2.75) is 32.5 Å². The van der Waals surface area contributed by atoms with Gasteiger partial charge >= 0.3 is 0 Å². The normalized spacial score (nSPS) is 24.6. The van der Waals surface area contributed by atoms with Crippen molar-refractivity contribution in [3.8, 4) is 0 Å². The van der Waals surface area contributed by atoms with Crippen LogP contribution in [0.4, 0.5) is 0 Å². The fourth-order valence-electron chi connectivity index (χ4n) is 2.26. The Balaban J connectivity index is 2.12. The lowest BCUT2D eigenvalue weighted by Crippen LogP contribution is -2.48. The lowest BCUT2D eigenvalue weighted by atomic mass is 10.2. The van der Waals surface area contributed by atoms with Crippen LogP contribution in [0.25, 0.3) is 0 Å². The molecule has 0 aliphatic carbocycles. The SMILES string of the molecule is C[C@@H]1CN(CCNC(=O)CCNS(C)(=O)=O)C[C@@H](C)O1. The molecule has 0 aromatic carbocycles. The number of rotatable bonds is 7. The minimum absolute atomic E-state index is 0.135. The Hall–Kier alpha value is -0.700. The average molecular weight is 307 g/mol. The van der Waals surface area contributed by atoms with Crippen LogP contribution < -0.4 is 10.0 Å². The number of ether oxygens (including phenoxy) is 1. The van der Waals surface area contributed by atoms with Crippen molar-refractivity contribution in [3.63, 3.8) is 0 Å². The number of carbonyl (C=O) groups is 1. The van der Waals surface area contributed by atoms with Gasteiger partial charge < -0.3 is 10.1 Å². The molecule has 1 heterocycles. The molecule has 118 valence electrons. The fourth-order valence-corrected chi connectivity index (χ4v) is 2.73. The Morgan fingerprint density at radius 2 is 1.85 bits per heavy atom. The molecule has 2 N–H and O–H groups in total. The van der Waals surface area contributed by atoms with Crippen molar-refractivity contribution in [3.05, 3.63) is 0 Å². The summed E-state index contributed by atoms with van der Waals surface area (Å²) in [6.07, 6.45) is 1.66. The summed E-state index contributed by atoms with van der Waals surface area (Å²) < 4.78 is 29.6. The predicted octanol–water partition coefficient (Wildman–Crippen LogP) is -0.849. The zero-order valence-corrected chi connectivity index (χ0v) is 13.2. The molecule has 0 spiro atoms. The number of nitrogens with zero attached hydrogens (tertiary/aromatic N) is 1. The smallest absolute Gasteiger partial charge is 0.221 e. The molecule has 0 unspecified atom stereocenters. The summed E-state index contributed by atoms with van der Waals surface area (Å²) >= 11 is 0. The Kier molecular flexibility index (Phi) is 6.87. The molecule has 0 aromatic heterocycles. The van der Waals surface area contributed by atoms with E-state index in [4.69, 9.17) is 4.74 Å². The molecule has 0 radical (unpaired) electrons. The van der Waals surface area contributed by atoms with Gasteiger partial charge in [0.1, 0.15) is 0 Å². The van der Waals surface area contributed by atoms with Crippen LogP contribution in [0.3, 0.4) is 0 Å². The molecule has 20 heavy (non-hydrogen) atoms. The van der Waals surface area contributed by atoms with Crippen molar-refractivity contribution in [2.75, 3.05) is 39.0 Å². The quantitative estimate of drug-likeness (QED) is 0.640. The van der Waals surface area contributed by atoms with E-state index >= 15 is 0 Å². The number of carbonyl (C=O) groups excluding carboxylic acids is 1. The van der Waals surface area contributed by atoms with Gasteiger partial charge in [0.15, 0.2) is 0 Å². The van der Waals surface area contributed by atoms with Crippen LogP contribution in [-0.2, 0) is 19.6 Å². The van der Waals surface area contributed by atoms with E-state index in [-0.39, 0.29) is 31.1 Å². The number of nitrogens with one attached hydrogen (secondary N) is 2. The summed E-state index contributed by atoms with van der Waals surface area (Å²) in [4.78, 5) is 13.8. The molecule has 1 rings (SSSR count). The molecule has 8 heteroatoms. The molecule has 1 amide bonds. The highest BCUT2D eigenvalue weighted by Gasteiger charge is 2.21. The molecule has 0 bridgehead atoms. The van der Waals surface area contributed by atoms with Gasteiger partial charge in [0.05, 0.1) is 18.5 Å². The first-order valence-electron chi connectivity index (χ1n) is 6.85. The van der Waals surface area contributed by atoms with Crippen molar-refractivity contribution in [1.82, 2.24) is 14.9 Å². The summed E-state index contributed by atoms with van der Waals surface area (Å²) in [5.74, 6) is -0.143. The summed E-state index contributed by atoms with van der Waals surface area (Å²) in [5.41, 5.74) is 0. The average Bonchev–Trinajstić information content (AvgIpc) is 2.25. The largest absolute Gasteiger partial charge is 0.373 e. The molecule has 1 aliphatic rings. The highest BCUT2D eigenvalue weighted by atomic mass is 32.2. The van der Waals surface area contributed by atoms with Gasteiger partial charge in [-0.2, -0.15) is 0 Å². The van der Waals surface area contributed by atoms with E-state index in [9.17, 15) is 13.2 Å². The first-order valence-corrected chi connectivity index (χ1v) is 8.74. The van der Waals surface area contributed by atoms with E-state index in [0.29, 0.717) is 6.54 Å². The standard InChI is InChI=1S/C12H25N3O4S/c1-10-8-15(9-11(2)19-10)7-6-13-12(16)4-5-14-20(3,17)18/h10-11,14H,4-9H2,1-3H3,(H,13,16)/t10-,11-/m1/s1. The zero-order valence-electron chi connectivity index (χ0n) is 12.4. The molecule has 7 nitrogen and oxygen atoms in total. The molecule has 0 saturated carbocycles. The third kappa shape index (κ3) is 7.78. The lowest BCUT2D eigenvalue weighted by Gasteiger charge is -2.35. The van der Waals surface area contributed by atoms with Gasteiger partial charge in [-0.25, -0.2) is 13.1 Å². The van der Waals surface area contributed by atoms with Crippen LogP contribution in [0, 0.1) is 0 Å². The van der Waals surface area contributed by atoms with E-state index < -0.39 is 10.0 Å². The van der Waals surface area contributed by atoms with Crippen LogP contribution in [0.5, 0.6) is 0 Å². The molecule has 2 atom stereocenters. The van der Waals surface area contributed by atoms with Crippen LogP contribution in [-0.4, -0.2) is 70.4 Å². The van der Waals surface area contributed by atoms with Gasteiger partial charge in [-0.3, -0.25) is 9.69 Å². The maximum absolute atomic E-state index is 11.5. The minimum Gasteiger partial charge on any atom is -0.373 e. The molecule has 1 fully saturated rings. The lowest BCUT2D eigenvalue weighted by molar-refractivity contribution is -0.121. The van der Waals surface area contributed by atoms with Crippen molar-refractivity contribution < 1.29 is 17.9 Å². The topological polar surface area (TPSA) is 87.7 Å². The number of morpholine rings is 1. The Morgan fingerprint density at radius 1 is 1.25 bits per heavy atom. The molecular weight excluding hydrogens is 282 g/mol. The van der Waals surface area contributed by atoms with E-state index in [1.54, 1.807) is 0 Å². The van der Waals surface area contributed by atoms with Crippen molar-refractivity contribution in [1.29, 1.82) is 0 Å². The van der Waals surface area contributed by atoms with Gasteiger partial charge in [-0.1, -0.05) is 0 Å². The maximum Gasteiger partial charge on any atom is 0.221 e. The van der Waals surface area contributed by atoms with E-state index in [1.165, 1.54) is 0 Å². The third-order valence-corrected chi connectivity index (χ3v) is 3.69. The Morgan fingerprint density at radius 3 is 2.40 bits per heavy atom. The first-order chi connectivity index (χ1) is 9.26. The molecular formula is C12H25N3O4S. The van der Waals surface area contributed by atoms with E-state index in [1.807, 2.05) is 13.8 Å². The van der Waals surface area contributed by atoms with Crippen LogP contribution in [0.15, 0.2) is 0 Å². The number of hydrogen-bond donors (Lipinski definition) is 2. The van der Waals surface area contributed by atoms with Crippen LogP contribution >= 0.6 is 0 Å².